The van der Waals surface area contributed by atoms with Crippen molar-refractivity contribution in [3.63, 3.8) is 0 Å². The summed E-state index contributed by atoms with van der Waals surface area (Å²) in [5.74, 6) is 0.927. The van der Waals surface area contributed by atoms with Gasteiger partial charge < -0.3 is 19.9 Å². The van der Waals surface area contributed by atoms with E-state index < -0.39 is 5.60 Å². The summed E-state index contributed by atoms with van der Waals surface area (Å²) >= 11 is 0. The summed E-state index contributed by atoms with van der Waals surface area (Å²) in [6.07, 6.45) is 1.86. The molecule has 128 valence electrons. The predicted molar refractivity (Wildman–Crippen MR) is 87.3 cm³/mol. The van der Waals surface area contributed by atoms with Gasteiger partial charge in [0.2, 0.25) is 0 Å². The maximum atomic E-state index is 12.4. The number of imidazole rings is 1. The van der Waals surface area contributed by atoms with Crippen molar-refractivity contribution < 1.29 is 9.90 Å². The topological polar surface area (TPSA) is 73.6 Å². The van der Waals surface area contributed by atoms with Crippen molar-refractivity contribution in [3.05, 3.63) is 17.2 Å². The maximum Gasteiger partial charge on any atom is 0.271 e. The highest BCUT2D eigenvalue weighted by atomic mass is 16.3. The van der Waals surface area contributed by atoms with Gasteiger partial charge in [-0.3, -0.25) is 9.69 Å². The first kappa shape index (κ1) is 16.4. The zero-order chi connectivity index (χ0) is 16.6. The number of aryl methyl sites for hydroxylation is 1. The van der Waals surface area contributed by atoms with Crippen LogP contribution < -0.4 is 5.32 Å². The Morgan fingerprint density at radius 3 is 2.87 bits per heavy atom. The lowest BCUT2D eigenvalue weighted by atomic mass is 9.93. The monoisotopic (exact) mass is 321 g/mol. The lowest BCUT2D eigenvalue weighted by Crippen LogP contribution is -2.54. The first-order valence-corrected chi connectivity index (χ1v) is 8.33. The predicted octanol–water partition coefficient (Wildman–Crippen LogP) is -0.177. The van der Waals surface area contributed by atoms with E-state index in [1.807, 2.05) is 11.5 Å². The Bertz CT molecular complexity index is 590. The number of hydrogen-bond acceptors (Lipinski definition) is 5. The molecule has 3 heterocycles. The lowest BCUT2D eigenvalue weighted by Gasteiger charge is -2.38. The molecule has 2 N–H and O–H groups in total. The van der Waals surface area contributed by atoms with Gasteiger partial charge in [0, 0.05) is 40.3 Å². The van der Waals surface area contributed by atoms with E-state index in [-0.39, 0.29) is 5.91 Å². The molecular weight excluding hydrogens is 294 g/mol. The third kappa shape index (κ3) is 3.27. The zero-order valence-corrected chi connectivity index (χ0v) is 14.3. The smallest absolute Gasteiger partial charge is 0.271 e. The molecule has 2 aliphatic heterocycles. The fraction of sp³-hybridized carbons (Fsp3) is 0.750. The summed E-state index contributed by atoms with van der Waals surface area (Å²) in [6, 6.07) is 0. The van der Waals surface area contributed by atoms with Crippen LogP contribution in [0.1, 0.15) is 34.8 Å². The molecule has 0 bridgehead atoms. The standard InChI is InChI=1S/C16H27N5O2/c1-12-14(15(22)19(2)3)21-8-7-20(9-13(21)18-12)11-16(23)5-4-6-17-10-16/h17,23H,4-11H2,1-3H3/t16-/m1/s1. The number of aliphatic hydroxyl groups is 1. The molecule has 0 radical (unpaired) electrons. The van der Waals surface area contributed by atoms with Gasteiger partial charge in [-0.1, -0.05) is 0 Å². The number of carbonyl (C=O) groups is 1. The van der Waals surface area contributed by atoms with Crippen LogP contribution in [-0.4, -0.2) is 76.2 Å². The minimum Gasteiger partial charge on any atom is -0.387 e. The highest BCUT2D eigenvalue weighted by molar-refractivity contribution is 5.93. The molecular formula is C16H27N5O2. The fourth-order valence-electron chi connectivity index (χ4n) is 3.63. The van der Waals surface area contributed by atoms with Crippen LogP contribution in [0.25, 0.3) is 0 Å². The Morgan fingerprint density at radius 1 is 1.43 bits per heavy atom. The number of piperidine rings is 1. The molecule has 7 heteroatoms. The molecule has 0 unspecified atom stereocenters. The van der Waals surface area contributed by atoms with E-state index in [1.165, 1.54) is 0 Å². The van der Waals surface area contributed by atoms with Crippen molar-refractivity contribution >= 4 is 5.91 Å². The molecule has 1 aromatic heterocycles. The van der Waals surface area contributed by atoms with E-state index in [4.69, 9.17) is 0 Å². The van der Waals surface area contributed by atoms with Crippen molar-refractivity contribution in [1.29, 1.82) is 0 Å². The molecule has 0 aromatic carbocycles. The van der Waals surface area contributed by atoms with Gasteiger partial charge in [0.15, 0.2) is 0 Å². The average molecular weight is 321 g/mol. The van der Waals surface area contributed by atoms with Crippen molar-refractivity contribution in [1.82, 2.24) is 24.7 Å². The number of aromatic nitrogens is 2. The van der Waals surface area contributed by atoms with E-state index >= 15 is 0 Å². The van der Waals surface area contributed by atoms with Gasteiger partial charge in [0.1, 0.15) is 11.5 Å². The molecule has 0 saturated carbocycles. The zero-order valence-electron chi connectivity index (χ0n) is 14.3. The van der Waals surface area contributed by atoms with Crippen LogP contribution in [-0.2, 0) is 13.1 Å². The number of amides is 1. The molecule has 1 amide bonds. The van der Waals surface area contributed by atoms with Gasteiger partial charge >= 0.3 is 0 Å². The summed E-state index contributed by atoms with van der Waals surface area (Å²) < 4.78 is 2.04. The largest absolute Gasteiger partial charge is 0.387 e. The minimum atomic E-state index is -0.648. The summed E-state index contributed by atoms with van der Waals surface area (Å²) in [5.41, 5.74) is 0.839. The van der Waals surface area contributed by atoms with Crippen molar-refractivity contribution in [3.8, 4) is 0 Å². The summed E-state index contributed by atoms with van der Waals surface area (Å²) in [4.78, 5) is 20.8. The molecule has 2 aliphatic rings. The van der Waals surface area contributed by atoms with Gasteiger partial charge in [0.25, 0.3) is 5.91 Å². The molecule has 0 spiro atoms. The Labute approximate surface area is 137 Å². The first-order valence-electron chi connectivity index (χ1n) is 8.33. The maximum absolute atomic E-state index is 12.4. The molecule has 7 nitrogen and oxygen atoms in total. The molecule has 3 rings (SSSR count). The van der Waals surface area contributed by atoms with E-state index in [2.05, 4.69) is 15.2 Å². The highest BCUT2D eigenvalue weighted by Crippen LogP contribution is 2.23. The van der Waals surface area contributed by atoms with Crippen molar-refractivity contribution in [2.45, 2.75) is 38.5 Å². The number of hydrogen-bond donors (Lipinski definition) is 2. The van der Waals surface area contributed by atoms with E-state index in [9.17, 15) is 9.90 Å². The van der Waals surface area contributed by atoms with Gasteiger partial charge in [-0.25, -0.2) is 4.98 Å². The van der Waals surface area contributed by atoms with Gasteiger partial charge in [0.05, 0.1) is 17.8 Å². The molecule has 23 heavy (non-hydrogen) atoms. The summed E-state index contributed by atoms with van der Waals surface area (Å²) in [5, 5.41) is 14.0. The average Bonchev–Trinajstić information content (AvgIpc) is 2.81. The highest BCUT2D eigenvalue weighted by Gasteiger charge is 2.34. The van der Waals surface area contributed by atoms with Crippen molar-refractivity contribution in [2.75, 3.05) is 40.3 Å². The van der Waals surface area contributed by atoms with E-state index in [1.54, 1.807) is 19.0 Å². The van der Waals surface area contributed by atoms with Crippen molar-refractivity contribution in [2.24, 2.45) is 0 Å². The third-order valence-electron chi connectivity index (χ3n) is 4.80. The molecule has 0 aliphatic carbocycles. The van der Waals surface area contributed by atoms with Gasteiger partial charge in [-0.15, -0.1) is 0 Å². The first-order chi connectivity index (χ1) is 10.9. The fourth-order valence-corrected chi connectivity index (χ4v) is 3.63. The lowest BCUT2D eigenvalue weighted by molar-refractivity contribution is -0.0216. The number of β-amino-alcohol motifs (C(OH)–C–C–N with tert-alkyl or cyclic N) is 1. The Balaban J connectivity index is 1.74. The Hall–Kier alpha value is -1.44. The molecule has 1 atom stereocenters. The second kappa shape index (κ2) is 6.22. The minimum absolute atomic E-state index is 0.00445. The summed E-state index contributed by atoms with van der Waals surface area (Å²) in [7, 11) is 3.53. The van der Waals surface area contributed by atoms with Crippen LogP contribution in [0, 0.1) is 6.92 Å². The normalized spacial score (nSPS) is 25.2. The molecule has 1 fully saturated rings. The molecule has 1 aromatic rings. The van der Waals surface area contributed by atoms with Crippen LogP contribution in [0.15, 0.2) is 0 Å². The Kier molecular flexibility index (Phi) is 4.44. The number of carbonyl (C=O) groups excluding carboxylic acids is 1. The second-order valence-corrected chi connectivity index (χ2v) is 7.03. The van der Waals surface area contributed by atoms with Crippen LogP contribution in [0.3, 0.4) is 0 Å². The van der Waals surface area contributed by atoms with Gasteiger partial charge in [-0.05, 0) is 26.3 Å². The third-order valence-corrected chi connectivity index (χ3v) is 4.80. The second-order valence-electron chi connectivity index (χ2n) is 7.03. The van der Waals surface area contributed by atoms with E-state index in [0.717, 1.165) is 44.0 Å². The number of nitrogens with one attached hydrogen (secondary N) is 1. The summed E-state index contributed by atoms with van der Waals surface area (Å²) in [6.45, 7) is 6.45. The van der Waals surface area contributed by atoms with Crippen LogP contribution in [0.4, 0.5) is 0 Å². The van der Waals surface area contributed by atoms with E-state index in [0.29, 0.717) is 25.3 Å². The van der Waals surface area contributed by atoms with Crippen LogP contribution in [0.5, 0.6) is 0 Å². The SMILES string of the molecule is Cc1nc2n(c1C(=O)N(C)C)CCN(C[C@@]1(O)CCCNC1)C2. The Morgan fingerprint density at radius 2 is 2.22 bits per heavy atom. The number of fused-ring (bicyclic) bond motifs is 1. The quantitative estimate of drug-likeness (QED) is 0.808. The molecule has 1 saturated heterocycles. The van der Waals surface area contributed by atoms with Crippen LogP contribution >= 0.6 is 0 Å². The number of rotatable bonds is 3. The van der Waals surface area contributed by atoms with Gasteiger partial charge in [-0.2, -0.15) is 0 Å². The van der Waals surface area contributed by atoms with Crippen LogP contribution in [0.2, 0.25) is 0 Å². The number of nitrogens with zero attached hydrogens (tertiary/aromatic N) is 4.